The molecule has 1 aliphatic carbocycles. The van der Waals surface area contributed by atoms with Gasteiger partial charge in [-0.15, -0.1) is 0 Å². The summed E-state index contributed by atoms with van der Waals surface area (Å²) in [4.78, 5) is 30.3. The molecule has 1 aliphatic rings. The Kier molecular flexibility index (Phi) is 6.36. The molecule has 0 unspecified atom stereocenters. The van der Waals surface area contributed by atoms with Gasteiger partial charge < -0.3 is 14.7 Å². The summed E-state index contributed by atoms with van der Waals surface area (Å²) in [6.07, 6.45) is 1.88. The number of carbonyl (C=O) groups is 2. The Labute approximate surface area is 204 Å². The Bertz CT molecular complexity index is 1500. The number of hydrogen-bond acceptors (Lipinski definition) is 6. The number of halogens is 2. The summed E-state index contributed by atoms with van der Waals surface area (Å²) in [6, 6.07) is 17.4. The second-order valence-corrected chi connectivity index (χ2v) is 8.16. The molecule has 0 aliphatic heterocycles. The van der Waals surface area contributed by atoms with Crippen molar-refractivity contribution in [3.05, 3.63) is 107 Å². The highest BCUT2D eigenvalue weighted by Gasteiger charge is 2.27. The number of fused-ring (bicyclic) bond motifs is 1. The lowest BCUT2D eigenvalue weighted by Crippen LogP contribution is -2.14. The lowest BCUT2D eigenvalue weighted by molar-refractivity contribution is 0.0515. The van der Waals surface area contributed by atoms with E-state index in [-0.39, 0.29) is 11.1 Å². The molecular formula is C27H19F2N3O4. The first-order chi connectivity index (χ1) is 17.5. The SMILES string of the molecule is O=C(Nc1cccc(C(=O)O/N=C2\CCCc3onc(-c4cccc(F)c4)c32)c1)c1cccc(F)c1. The maximum atomic E-state index is 13.8. The van der Waals surface area contributed by atoms with Gasteiger partial charge in [0.2, 0.25) is 0 Å². The van der Waals surface area contributed by atoms with Crippen LogP contribution in [0, 0.1) is 11.6 Å². The number of hydrogen-bond donors (Lipinski definition) is 1. The molecule has 9 heteroatoms. The van der Waals surface area contributed by atoms with Crippen LogP contribution in [0.5, 0.6) is 0 Å². The number of amides is 1. The van der Waals surface area contributed by atoms with Crippen LogP contribution in [0.4, 0.5) is 14.5 Å². The summed E-state index contributed by atoms with van der Waals surface area (Å²) >= 11 is 0. The predicted octanol–water partition coefficient (Wildman–Crippen LogP) is 5.77. The summed E-state index contributed by atoms with van der Waals surface area (Å²) in [5.74, 6) is -1.60. The molecule has 0 spiro atoms. The monoisotopic (exact) mass is 487 g/mol. The topological polar surface area (TPSA) is 93.8 Å². The average molecular weight is 487 g/mol. The van der Waals surface area contributed by atoms with Crippen LogP contribution in [-0.4, -0.2) is 22.7 Å². The predicted molar refractivity (Wildman–Crippen MR) is 128 cm³/mol. The van der Waals surface area contributed by atoms with E-state index in [2.05, 4.69) is 15.6 Å². The van der Waals surface area contributed by atoms with Gasteiger partial charge in [0.15, 0.2) is 0 Å². The third-order valence-corrected chi connectivity index (χ3v) is 5.65. The fraction of sp³-hybridized carbons (Fsp3) is 0.111. The second kappa shape index (κ2) is 9.91. The molecule has 7 nitrogen and oxygen atoms in total. The average Bonchev–Trinajstić information content (AvgIpc) is 3.32. The molecule has 4 aromatic rings. The van der Waals surface area contributed by atoms with Crippen LogP contribution in [0.1, 0.15) is 44.9 Å². The molecule has 1 aromatic heterocycles. The van der Waals surface area contributed by atoms with Gasteiger partial charge in [-0.2, -0.15) is 0 Å². The first kappa shape index (κ1) is 23.1. The minimum atomic E-state index is -0.736. The van der Waals surface area contributed by atoms with E-state index < -0.39 is 23.5 Å². The van der Waals surface area contributed by atoms with Crippen LogP contribution in [0.25, 0.3) is 11.3 Å². The summed E-state index contributed by atoms with van der Waals surface area (Å²) in [5.41, 5.74) is 2.66. The molecule has 1 heterocycles. The second-order valence-electron chi connectivity index (χ2n) is 8.16. The molecule has 1 N–H and O–H groups in total. The summed E-state index contributed by atoms with van der Waals surface area (Å²) in [5, 5.41) is 10.8. The Morgan fingerprint density at radius 2 is 1.67 bits per heavy atom. The van der Waals surface area contributed by atoms with Crippen molar-refractivity contribution in [1.29, 1.82) is 0 Å². The number of rotatable bonds is 5. The van der Waals surface area contributed by atoms with E-state index in [0.29, 0.717) is 46.8 Å². The Balaban J connectivity index is 1.34. The van der Waals surface area contributed by atoms with Gasteiger partial charge >= 0.3 is 5.97 Å². The summed E-state index contributed by atoms with van der Waals surface area (Å²) in [7, 11) is 0. The van der Waals surface area contributed by atoms with Gasteiger partial charge in [0.25, 0.3) is 5.91 Å². The highest BCUT2D eigenvalue weighted by atomic mass is 19.1. The van der Waals surface area contributed by atoms with Gasteiger partial charge in [0.1, 0.15) is 23.1 Å². The van der Waals surface area contributed by atoms with Crippen molar-refractivity contribution in [2.24, 2.45) is 5.16 Å². The molecule has 0 atom stereocenters. The highest BCUT2D eigenvalue weighted by Crippen LogP contribution is 2.32. The zero-order chi connectivity index (χ0) is 25.1. The largest absolute Gasteiger partial charge is 0.365 e. The zero-order valence-electron chi connectivity index (χ0n) is 18.8. The van der Waals surface area contributed by atoms with Crippen molar-refractivity contribution in [1.82, 2.24) is 5.16 Å². The molecule has 0 radical (unpaired) electrons. The number of oxime groups is 1. The minimum Gasteiger partial charge on any atom is -0.360 e. The third kappa shape index (κ3) is 4.90. The van der Waals surface area contributed by atoms with E-state index in [1.807, 2.05) is 0 Å². The van der Waals surface area contributed by atoms with Crippen LogP contribution < -0.4 is 5.32 Å². The number of anilines is 1. The lowest BCUT2D eigenvalue weighted by atomic mass is 9.92. The molecule has 5 rings (SSSR count). The Morgan fingerprint density at radius 3 is 2.47 bits per heavy atom. The Hall–Kier alpha value is -4.66. The standard InChI is InChI=1S/C27H19F2N3O4/c28-19-8-1-5-16(13-19)25-24-22(11-4-12-23(24)35-32-25)31-36-27(34)18-7-3-10-21(15-18)30-26(33)17-6-2-9-20(29)14-17/h1-3,5-10,13-15H,4,11-12H2,(H,30,33)/b31-22+. The van der Waals surface area contributed by atoms with E-state index in [9.17, 15) is 18.4 Å². The molecule has 0 saturated heterocycles. The van der Waals surface area contributed by atoms with Crippen molar-refractivity contribution in [2.75, 3.05) is 5.32 Å². The van der Waals surface area contributed by atoms with Gasteiger partial charge in [0.05, 0.1) is 16.8 Å². The van der Waals surface area contributed by atoms with Crippen molar-refractivity contribution < 1.29 is 27.7 Å². The zero-order valence-corrected chi connectivity index (χ0v) is 18.8. The summed E-state index contributed by atoms with van der Waals surface area (Å²) in [6.45, 7) is 0. The Morgan fingerprint density at radius 1 is 0.917 bits per heavy atom. The van der Waals surface area contributed by atoms with Crippen LogP contribution in [-0.2, 0) is 11.3 Å². The maximum absolute atomic E-state index is 13.8. The molecule has 0 fully saturated rings. The maximum Gasteiger partial charge on any atom is 0.365 e. The van der Waals surface area contributed by atoms with Gasteiger partial charge in [-0.1, -0.05) is 34.6 Å². The molecule has 3 aromatic carbocycles. The van der Waals surface area contributed by atoms with Crippen molar-refractivity contribution in [3.8, 4) is 11.3 Å². The van der Waals surface area contributed by atoms with E-state index in [4.69, 9.17) is 9.36 Å². The van der Waals surface area contributed by atoms with Crippen molar-refractivity contribution >= 4 is 23.3 Å². The van der Waals surface area contributed by atoms with Crippen LogP contribution >= 0.6 is 0 Å². The number of aromatic nitrogens is 1. The number of aryl methyl sites for hydroxylation is 1. The van der Waals surface area contributed by atoms with Crippen LogP contribution in [0.2, 0.25) is 0 Å². The molecule has 0 saturated carbocycles. The fourth-order valence-electron chi connectivity index (χ4n) is 3.96. The third-order valence-electron chi connectivity index (χ3n) is 5.65. The number of benzene rings is 3. The van der Waals surface area contributed by atoms with Gasteiger partial charge in [-0.05, 0) is 61.4 Å². The molecule has 0 bridgehead atoms. The molecule has 180 valence electrons. The molecule has 1 amide bonds. The van der Waals surface area contributed by atoms with Crippen molar-refractivity contribution in [2.45, 2.75) is 19.3 Å². The number of nitrogens with one attached hydrogen (secondary N) is 1. The lowest BCUT2D eigenvalue weighted by Gasteiger charge is -2.12. The summed E-state index contributed by atoms with van der Waals surface area (Å²) < 4.78 is 32.6. The first-order valence-corrected chi connectivity index (χ1v) is 11.2. The van der Waals surface area contributed by atoms with Gasteiger partial charge in [-0.25, -0.2) is 13.6 Å². The van der Waals surface area contributed by atoms with E-state index in [1.54, 1.807) is 24.3 Å². The van der Waals surface area contributed by atoms with E-state index in [0.717, 1.165) is 12.5 Å². The highest BCUT2D eigenvalue weighted by molar-refractivity contribution is 6.07. The number of nitrogens with zero attached hydrogens (tertiary/aromatic N) is 2. The molecule has 36 heavy (non-hydrogen) atoms. The van der Waals surface area contributed by atoms with Gasteiger partial charge in [-0.3, -0.25) is 4.79 Å². The van der Waals surface area contributed by atoms with E-state index >= 15 is 0 Å². The molecular weight excluding hydrogens is 468 g/mol. The van der Waals surface area contributed by atoms with Crippen LogP contribution in [0.15, 0.2) is 82.5 Å². The van der Waals surface area contributed by atoms with E-state index in [1.165, 1.54) is 42.5 Å². The fourth-order valence-corrected chi connectivity index (χ4v) is 3.96. The van der Waals surface area contributed by atoms with Gasteiger partial charge in [0, 0.05) is 23.2 Å². The van der Waals surface area contributed by atoms with Crippen LogP contribution in [0.3, 0.4) is 0 Å². The normalized spacial score (nSPS) is 13.8. The first-order valence-electron chi connectivity index (χ1n) is 11.2. The van der Waals surface area contributed by atoms with Crippen molar-refractivity contribution in [3.63, 3.8) is 0 Å². The quantitative estimate of drug-likeness (QED) is 0.285. The number of carbonyl (C=O) groups excluding carboxylic acids is 2. The minimum absolute atomic E-state index is 0.144. The smallest absolute Gasteiger partial charge is 0.360 e.